The van der Waals surface area contributed by atoms with Gasteiger partial charge in [-0.15, -0.1) is 5.92 Å². The summed E-state index contributed by atoms with van der Waals surface area (Å²) in [6.45, 7) is 3.45. The van der Waals surface area contributed by atoms with Crippen LogP contribution in [0.1, 0.15) is 45.4 Å². The number of carbonyl (C=O) groups is 1. The number of esters is 1. The molecule has 1 aliphatic heterocycles. The van der Waals surface area contributed by atoms with Crippen LogP contribution in [0.2, 0.25) is 0 Å². The van der Waals surface area contributed by atoms with E-state index in [1.54, 1.807) is 0 Å². The van der Waals surface area contributed by atoms with Crippen molar-refractivity contribution in [2.75, 3.05) is 19.8 Å². The molecule has 1 rings (SSSR count). The number of carbonyl (C=O) groups excluding carboxylic acids is 1. The molecule has 0 aromatic carbocycles. The quantitative estimate of drug-likeness (QED) is 0.414. The van der Waals surface area contributed by atoms with E-state index in [0.29, 0.717) is 26.1 Å². The third kappa shape index (κ3) is 7.31. The summed E-state index contributed by atoms with van der Waals surface area (Å²) in [4.78, 5) is 11.0. The summed E-state index contributed by atoms with van der Waals surface area (Å²) in [5.41, 5.74) is 0. The van der Waals surface area contributed by atoms with Crippen LogP contribution in [0.4, 0.5) is 0 Å². The predicted molar refractivity (Wildman–Crippen MR) is 67.8 cm³/mol. The molecule has 0 aromatic rings. The summed E-state index contributed by atoms with van der Waals surface area (Å²) in [6, 6.07) is 0. The van der Waals surface area contributed by atoms with Crippen molar-refractivity contribution >= 4 is 5.97 Å². The Hall–Kier alpha value is -1.05. The molecule has 1 heterocycles. The average Bonchev–Trinajstić information content (AvgIpc) is 2.39. The average molecular weight is 254 g/mol. The summed E-state index contributed by atoms with van der Waals surface area (Å²) >= 11 is 0. The van der Waals surface area contributed by atoms with Crippen LogP contribution in [-0.4, -0.2) is 32.1 Å². The molecule has 18 heavy (non-hydrogen) atoms. The predicted octanol–water partition coefficient (Wildman–Crippen LogP) is 2.27. The fourth-order valence-corrected chi connectivity index (χ4v) is 1.67. The number of unbranched alkanes of at least 4 members (excludes halogenated alkanes) is 1. The van der Waals surface area contributed by atoms with Gasteiger partial charge >= 0.3 is 5.97 Å². The van der Waals surface area contributed by atoms with Crippen molar-refractivity contribution in [2.24, 2.45) is 0 Å². The molecule has 0 aliphatic carbocycles. The summed E-state index contributed by atoms with van der Waals surface area (Å²) < 4.78 is 15.7. The molecule has 4 heteroatoms. The van der Waals surface area contributed by atoms with Gasteiger partial charge in [0.05, 0.1) is 6.61 Å². The van der Waals surface area contributed by atoms with Gasteiger partial charge in [0.2, 0.25) is 0 Å². The normalized spacial score (nSPS) is 18.8. The lowest BCUT2D eigenvalue weighted by atomic mass is 10.2. The van der Waals surface area contributed by atoms with Gasteiger partial charge in [0.15, 0.2) is 6.29 Å². The second-order valence-electron chi connectivity index (χ2n) is 4.12. The smallest absolute Gasteiger partial charge is 0.305 e. The maximum absolute atomic E-state index is 11.0. The Kier molecular flexibility index (Phi) is 8.28. The van der Waals surface area contributed by atoms with E-state index in [2.05, 4.69) is 11.8 Å². The van der Waals surface area contributed by atoms with Crippen molar-refractivity contribution in [3.05, 3.63) is 0 Å². The topological polar surface area (TPSA) is 44.8 Å². The Morgan fingerprint density at radius 1 is 1.39 bits per heavy atom. The van der Waals surface area contributed by atoms with E-state index in [1.807, 2.05) is 6.92 Å². The Balaban J connectivity index is 1.95. The van der Waals surface area contributed by atoms with Crippen molar-refractivity contribution in [3.63, 3.8) is 0 Å². The maximum Gasteiger partial charge on any atom is 0.305 e. The molecular weight excluding hydrogens is 232 g/mol. The van der Waals surface area contributed by atoms with Crippen LogP contribution >= 0.6 is 0 Å². The van der Waals surface area contributed by atoms with Crippen LogP contribution in [0, 0.1) is 11.8 Å². The van der Waals surface area contributed by atoms with E-state index in [1.165, 1.54) is 0 Å². The molecule has 0 amide bonds. The summed E-state index contributed by atoms with van der Waals surface area (Å²) in [5, 5.41) is 0. The van der Waals surface area contributed by atoms with E-state index in [4.69, 9.17) is 14.2 Å². The van der Waals surface area contributed by atoms with Crippen molar-refractivity contribution in [3.8, 4) is 11.8 Å². The molecular formula is C14H22O4. The molecule has 1 fully saturated rings. The van der Waals surface area contributed by atoms with Crippen molar-refractivity contribution in [1.82, 2.24) is 0 Å². The van der Waals surface area contributed by atoms with E-state index in [-0.39, 0.29) is 12.3 Å². The molecule has 1 saturated heterocycles. The van der Waals surface area contributed by atoms with Crippen LogP contribution in [0.15, 0.2) is 0 Å². The van der Waals surface area contributed by atoms with Crippen molar-refractivity contribution in [1.29, 1.82) is 0 Å². The van der Waals surface area contributed by atoms with Crippen LogP contribution in [-0.2, 0) is 19.0 Å². The first kappa shape index (κ1) is 15.0. The number of hydrogen-bond donors (Lipinski definition) is 0. The first-order chi connectivity index (χ1) is 8.83. The minimum absolute atomic E-state index is 0.0763. The minimum atomic E-state index is -0.147. The van der Waals surface area contributed by atoms with E-state index >= 15 is 0 Å². The highest BCUT2D eigenvalue weighted by Gasteiger charge is 2.12. The Bertz CT molecular complexity index is 284. The van der Waals surface area contributed by atoms with Gasteiger partial charge in [-0.25, -0.2) is 0 Å². The van der Waals surface area contributed by atoms with Gasteiger partial charge in [-0.2, -0.15) is 0 Å². The first-order valence-corrected chi connectivity index (χ1v) is 6.67. The molecule has 0 spiro atoms. The van der Waals surface area contributed by atoms with Crippen LogP contribution in [0.3, 0.4) is 0 Å². The summed E-state index contributed by atoms with van der Waals surface area (Å²) in [6.07, 6.45) is 5.06. The number of hydrogen-bond acceptors (Lipinski definition) is 4. The second-order valence-corrected chi connectivity index (χ2v) is 4.12. The highest BCUT2D eigenvalue weighted by Crippen LogP contribution is 2.12. The van der Waals surface area contributed by atoms with Gasteiger partial charge in [0, 0.05) is 19.4 Å². The van der Waals surface area contributed by atoms with Gasteiger partial charge < -0.3 is 14.2 Å². The minimum Gasteiger partial charge on any atom is -0.466 e. The van der Waals surface area contributed by atoms with E-state index in [9.17, 15) is 4.79 Å². The fraction of sp³-hybridized carbons (Fsp3) is 0.786. The highest BCUT2D eigenvalue weighted by atomic mass is 16.7. The molecule has 1 unspecified atom stereocenters. The second kappa shape index (κ2) is 9.93. The van der Waals surface area contributed by atoms with Gasteiger partial charge in [-0.1, -0.05) is 5.92 Å². The molecule has 102 valence electrons. The zero-order valence-electron chi connectivity index (χ0n) is 11.1. The Labute approximate surface area is 109 Å². The number of rotatable bonds is 6. The molecule has 0 saturated carbocycles. The van der Waals surface area contributed by atoms with Crippen LogP contribution in [0.25, 0.3) is 0 Å². The van der Waals surface area contributed by atoms with Gasteiger partial charge in [-0.3, -0.25) is 4.79 Å². The van der Waals surface area contributed by atoms with Crippen molar-refractivity contribution in [2.45, 2.75) is 51.7 Å². The standard InChI is InChI=1S/C14H22O4/c1-2-16-13(15)9-5-3-4-7-11-17-14-10-6-8-12-18-14/h14H,2-3,5-6,8-12H2,1H3. The summed E-state index contributed by atoms with van der Waals surface area (Å²) in [5.74, 6) is 5.77. The van der Waals surface area contributed by atoms with Gasteiger partial charge in [-0.05, 0) is 32.6 Å². The van der Waals surface area contributed by atoms with Crippen LogP contribution in [0.5, 0.6) is 0 Å². The summed E-state index contributed by atoms with van der Waals surface area (Å²) in [7, 11) is 0. The zero-order chi connectivity index (χ0) is 13.1. The van der Waals surface area contributed by atoms with E-state index in [0.717, 1.165) is 32.3 Å². The third-order valence-electron chi connectivity index (χ3n) is 2.59. The molecule has 1 atom stereocenters. The number of ether oxygens (including phenoxy) is 3. The first-order valence-electron chi connectivity index (χ1n) is 6.67. The van der Waals surface area contributed by atoms with Gasteiger partial charge in [0.1, 0.15) is 6.61 Å². The highest BCUT2D eigenvalue weighted by molar-refractivity contribution is 5.69. The SMILES string of the molecule is CCOC(=O)CCCC#CCOC1CCCCO1. The Morgan fingerprint density at radius 3 is 3.00 bits per heavy atom. The third-order valence-corrected chi connectivity index (χ3v) is 2.59. The molecule has 0 radical (unpaired) electrons. The lowest BCUT2D eigenvalue weighted by Crippen LogP contribution is -2.22. The molecule has 4 nitrogen and oxygen atoms in total. The molecule has 1 aliphatic rings. The lowest BCUT2D eigenvalue weighted by molar-refractivity contribution is -0.154. The zero-order valence-corrected chi connectivity index (χ0v) is 11.1. The molecule has 0 N–H and O–H groups in total. The van der Waals surface area contributed by atoms with Crippen LogP contribution < -0.4 is 0 Å². The van der Waals surface area contributed by atoms with E-state index < -0.39 is 0 Å². The molecule has 0 bridgehead atoms. The maximum atomic E-state index is 11.0. The molecule has 0 aromatic heterocycles. The monoisotopic (exact) mass is 254 g/mol. The largest absolute Gasteiger partial charge is 0.466 e. The lowest BCUT2D eigenvalue weighted by Gasteiger charge is -2.21. The van der Waals surface area contributed by atoms with Crippen molar-refractivity contribution < 1.29 is 19.0 Å². The Morgan fingerprint density at radius 2 is 2.28 bits per heavy atom. The fourth-order valence-electron chi connectivity index (χ4n) is 1.67. The van der Waals surface area contributed by atoms with Gasteiger partial charge in [0.25, 0.3) is 0 Å².